The van der Waals surface area contributed by atoms with Crippen LogP contribution in [-0.2, 0) is 0 Å². The van der Waals surface area contributed by atoms with Gasteiger partial charge in [-0.05, 0) is 69.3 Å². The zero-order valence-electron chi connectivity index (χ0n) is 31.1. The fraction of sp³-hybridized carbons (Fsp3) is 0. The lowest BCUT2D eigenvalue weighted by atomic mass is 10.1. The van der Waals surface area contributed by atoms with Gasteiger partial charge in [0.1, 0.15) is 5.82 Å². The van der Waals surface area contributed by atoms with Crippen LogP contribution in [0.4, 0.5) is 0 Å². The molecule has 4 aromatic heterocycles. The van der Waals surface area contributed by atoms with E-state index in [0.29, 0.717) is 0 Å². The largest absolute Gasteiger partial charge is 0.307 e. The SMILES string of the molecule is c1ccc(-n2c3ccccc3c3ccc4c5ccc([Si](c6ccccc6)(c6ccccc6)c6cccc(-c7ccccn7)c6)cc5n(-c5ccccn5)c4c32)cc1. The van der Waals surface area contributed by atoms with Gasteiger partial charge in [0.2, 0.25) is 0 Å². The second kappa shape index (κ2) is 13.4. The molecule has 0 radical (unpaired) electrons. The molecule has 0 saturated heterocycles. The van der Waals surface area contributed by atoms with E-state index in [1.165, 1.54) is 53.3 Å². The fourth-order valence-electron chi connectivity index (χ4n) is 9.17. The molecule has 0 unspecified atom stereocenters. The van der Waals surface area contributed by atoms with E-state index in [9.17, 15) is 0 Å². The summed E-state index contributed by atoms with van der Waals surface area (Å²) in [6.07, 6.45) is 3.78. The van der Waals surface area contributed by atoms with Crippen LogP contribution in [0.3, 0.4) is 0 Å². The number of fused-ring (bicyclic) bond motifs is 7. The molecule has 0 N–H and O–H groups in total. The predicted molar refractivity (Wildman–Crippen MR) is 240 cm³/mol. The Morgan fingerprint density at radius 1 is 0.351 bits per heavy atom. The Balaban J connectivity index is 1.30. The quantitative estimate of drug-likeness (QED) is 0.120. The van der Waals surface area contributed by atoms with Gasteiger partial charge >= 0.3 is 0 Å². The van der Waals surface area contributed by atoms with E-state index in [1.807, 2.05) is 24.5 Å². The third kappa shape index (κ3) is 5.13. The van der Waals surface area contributed by atoms with Crippen LogP contribution in [0.2, 0.25) is 0 Å². The molecular formula is C52H36N4Si. The van der Waals surface area contributed by atoms with Gasteiger partial charge in [-0.15, -0.1) is 0 Å². The van der Waals surface area contributed by atoms with Gasteiger partial charge in [0, 0.05) is 45.2 Å². The van der Waals surface area contributed by atoms with Crippen molar-refractivity contribution in [3.05, 3.63) is 219 Å². The number of para-hydroxylation sites is 2. The van der Waals surface area contributed by atoms with E-state index in [0.717, 1.165) is 33.8 Å². The maximum absolute atomic E-state index is 5.05. The Morgan fingerprint density at radius 3 is 1.60 bits per heavy atom. The molecule has 0 bridgehead atoms. The van der Waals surface area contributed by atoms with Gasteiger partial charge in [-0.3, -0.25) is 9.55 Å². The lowest BCUT2D eigenvalue weighted by Gasteiger charge is -2.34. The first-order valence-corrected chi connectivity index (χ1v) is 21.4. The Kier molecular flexibility index (Phi) is 7.79. The molecule has 0 aliphatic carbocycles. The molecule has 0 aliphatic heterocycles. The van der Waals surface area contributed by atoms with Crippen LogP contribution in [0.1, 0.15) is 0 Å². The van der Waals surface area contributed by atoms with Gasteiger partial charge < -0.3 is 4.57 Å². The first kappa shape index (κ1) is 33.0. The molecule has 0 atom stereocenters. The second-order valence-corrected chi connectivity index (χ2v) is 18.4. The third-order valence-electron chi connectivity index (χ3n) is 11.6. The number of nitrogens with zero attached hydrogens (tertiary/aromatic N) is 4. The first-order valence-electron chi connectivity index (χ1n) is 19.4. The maximum atomic E-state index is 5.05. The van der Waals surface area contributed by atoms with Gasteiger partial charge in [0.25, 0.3) is 0 Å². The van der Waals surface area contributed by atoms with Gasteiger partial charge in [-0.1, -0.05) is 158 Å². The number of pyridine rings is 2. The van der Waals surface area contributed by atoms with Crippen molar-refractivity contribution >= 4 is 72.4 Å². The Hall–Kier alpha value is -7.34. The minimum absolute atomic E-state index is 0.885. The van der Waals surface area contributed by atoms with Gasteiger partial charge in [-0.25, -0.2) is 4.98 Å². The highest BCUT2D eigenvalue weighted by Crippen LogP contribution is 2.41. The van der Waals surface area contributed by atoms with Crippen LogP contribution >= 0.6 is 0 Å². The van der Waals surface area contributed by atoms with E-state index < -0.39 is 8.07 Å². The number of aromatic nitrogens is 4. The third-order valence-corrected chi connectivity index (χ3v) is 16.3. The van der Waals surface area contributed by atoms with Crippen LogP contribution in [0.5, 0.6) is 0 Å². The van der Waals surface area contributed by atoms with Crippen LogP contribution in [0, 0.1) is 0 Å². The minimum atomic E-state index is -2.96. The van der Waals surface area contributed by atoms with Crippen molar-refractivity contribution in [2.45, 2.75) is 0 Å². The summed E-state index contributed by atoms with van der Waals surface area (Å²) in [7, 11) is -2.96. The van der Waals surface area contributed by atoms with Crippen molar-refractivity contribution in [2.24, 2.45) is 0 Å². The molecule has 4 heterocycles. The van der Waals surface area contributed by atoms with Crippen LogP contribution in [0.15, 0.2) is 219 Å². The van der Waals surface area contributed by atoms with Gasteiger partial charge in [0.15, 0.2) is 8.07 Å². The second-order valence-electron chi connectivity index (χ2n) is 14.6. The Morgan fingerprint density at radius 2 is 0.912 bits per heavy atom. The molecule has 11 aromatic rings. The Labute approximate surface area is 331 Å². The molecule has 7 aromatic carbocycles. The molecule has 0 amide bonds. The van der Waals surface area contributed by atoms with Crippen molar-refractivity contribution in [2.75, 3.05) is 0 Å². The summed E-state index contributed by atoms with van der Waals surface area (Å²) in [4.78, 5) is 9.83. The molecule has 0 aliphatic rings. The smallest absolute Gasteiger partial charge is 0.179 e. The molecule has 0 saturated carbocycles. The summed E-state index contributed by atoms with van der Waals surface area (Å²) in [5.74, 6) is 0.885. The molecule has 268 valence electrons. The average molecular weight is 745 g/mol. The van der Waals surface area contributed by atoms with E-state index in [2.05, 4.69) is 203 Å². The highest BCUT2D eigenvalue weighted by atomic mass is 28.3. The van der Waals surface area contributed by atoms with Crippen LogP contribution in [0.25, 0.3) is 66.4 Å². The fourth-order valence-corrected chi connectivity index (χ4v) is 14.0. The van der Waals surface area contributed by atoms with Crippen molar-refractivity contribution < 1.29 is 0 Å². The van der Waals surface area contributed by atoms with Crippen LogP contribution in [-0.4, -0.2) is 27.2 Å². The predicted octanol–water partition coefficient (Wildman–Crippen LogP) is 9.72. The van der Waals surface area contributed by atoms with E-state index in [1.54, 1.807) is 0 Å². The lowest BCUT2D eigenvalue weighted by Crippen LogP contribution is -2.74. The van der Waals surface area contributed by atoms with E-state index in [-0.39, 0.29) is 0 Å². The van der Waals surface area contributed by atoms with Crippen molar-refractivity contribution in [3.8, 4) is 22.8 Å². The summed E-state index contributed by atoms with van der Waals surface area (Å²) in [5.41, 5.74) is 7.81. The molecule has 0 fully saturated rings. The molecule has 57 heavy (non-hydrogen) atoms. The maximum Gasteiger partial charge on any atom is 0.179 e. The van der Waals surface area contributed by atoms with Crippen molar-refractivity contribution in [3.63, 3.8) is 0 Å². The summed E-state index contributed by atoms with van der Waals surface area (Å²) in [5, 5.41) is 10.1. The van der Waals surface area contributed by atoms with Crippen LogP contribution < -0.4 is 20.7 Å². The van der Waals surface area contributed by atoms with E-state index >= 15 is 0 Å². The topological polar surface area (TPSA) is 35.6 Å². The number of hydrogen-bond acceptors (Lipinski definition) is 2. The van der Waals surface area contributed by atoms with Gasteiger partial charge in [0.05, 0.1) is 27.8 Å². The zero-order chi connectivity index (χ0) is 37.8. The number of rotatable bonds is 7. The number of benzene rings is 7. The highest BCUT2D eigenvalue weighted by molar-refractivity contribution is 7.20. The summed E-state index contributed by atoms with van der Waals surface area (Å²) in [6.45, 7) is 0. The van der Waals surface area contributed by atoms with Crippen molar-refractivity contribution in [1.82, 2.24) is 19.1 Å². The minimum Gasteiger partial charge on any atom is -0.307 e. The lowest BCUT2D eigenvalue weighted by molar-refractivity contribution is 1.08. The summed E-state index contributed by atoms with van der Waals surface area (Å²) < 4.78 is 4.84. The van der Waals surface area contributed by atoms with E-state index in [4.69, 9.17) is 9.97 Å². The molecule has 11 rings (SSSR count). The zero-order valence-corrected chi connectivity index (χ0v) is 32.1. The summed E-state index contributed by atoms with van der Waals surface area (Å²) in [6, 6.07) is 75.1. The molecule has 4 nitrogen and oxygen atoms in total. The number of hydrogen-bond donors (Lipinski definition) is 0. The molecule has 0 spiro atoms. The normalized spacial score (nSPS) is 11.9. The summed E-state index contributed by atoms with van der Waals surface area (Å²) >= 11 is 0. The van der Waals surface area contributed by atoms with Gasteiger partial charge in [-0.2, -0.15) is 0 Å². The monoisotopic (exact) mass is 744 g/mol. The average Bonchev–Trinajstić information content (AvgIpc) is 3.81. The Bertz CT molecular complexity index is 3170. The standard InChI is InChI=1S/C52H36N4Si/c1-4-18-38(19-5-1)55-48-27-11-10-25-43(48)45-31-32-46-44-30-29-42(36-49(44)56(52(46)51(45)55)50-28-13-15-34-54-50)57(39-20-6-2-7-21-39,40-22-8-3-9-23-40)41-24-16-17-37(35-41)47-26-12-14-33-53-47/h1-36H. The van der Waals surface area contributed by atoms with Crippen molar-refractivity contribution in [1.29, 1.82) is 0 Å². The molecule has 5 heteroatoms. The molecular weight excluding hydrogens is 709 g/mol. The first-order chi connectivity index (χ1) is 28.3. The highest BCUT2D eigenvalue weighted by Gasteiger charge is 2.42.